The van der Waals surface area contributed by atoms with Crippen LogP contribution in [0, 0.1) is 11.8 Å². The number of rotatable bonds is 43. The minimum atomic E-state index is 0.657. The molecule has 0 aromatic heterocycles. The van der Waals surface area contributed by atoms with Crippen molar-refractivity contribution < 1.29 is 18.9 Å². The van der Waals surface area contributed by atoms with Gasteiger partial charge in [0.25, 0.3) is 0 Å². The number of hydrogen-bond donors (Lipinski definition) is 0. The van der Waals surface area contributed by atoms with Crippen molar-refractivity contribution in [1.82, 2.24) is 0 Å². The molecule has 4 nitrogen and oxygen atoms in total. The van der Waals surface area contributed by atoms with Crippen LogP contribution >= 0.6 is 15.9 Å². The second-order valence-corrected chi connectivity index (χ2v) is 18.4. The zero-order valence-corrected chi connectivity index (χ0v) is 41.6. The first-order valence-electron chi connectivity index (χ1n) is 26.1. The molecule has 0 spiro atoms. The lowest BCUT2D eigenvalue weighted by molar-refractivity contribution is 0.234. The van der Waals surface area contributed by atoms with E-state index in [1.807, 2.05) is 12.1 Å². The summed E-state index contributed by atoms with van der Waals surface area (Å²) in [5, 5.41) is 1.08. The van der Waals surface area contributed by atoms with Crippen LogP contribution < -0.4 is 18.9 Å². The van der Waals surface area contributed by atoms with Crippen LogP contribution in [0.15, 0.2) is 36.4 Å². The van der Waals surface area contributed by atoms with E-state index < -0.39 is 0 Å². The zero-order valence-electron chi connectivity index (χ0n) is 40.1. The lowest BCUT2D eigenvalue weighted by Gasteiger charge is -2.19. The van der Waals surface area contributed by atoms with E-state index in [-0.39, 0.29) is 0 Å². The van der Waals surface area contributed by atoms with E-state index in [4.69, 9.17) is 18.9 Å². The average molecular weight is 910 g/mol. The first kappa shape index (κ1) is 54.8. The molecule has 0 atom stereocenters. The summed E-state index contributed by atoms with van der Waals surface area (Å²) in [4.78, 5) is 0. The molecule has 0 heterocycles. The molecule has 0 saturated carbocycles. The van der Waals surface area contributed by atoms with Crippen molar-refractivity contribution in [2.75, 3.05) is 31.8 Å². The fraction of sp³-hybridized carbons (Fsp3) is 0.750. The number of benzene rings is 2. The van der Waals surface area contributed by atoms with Gasteiger partial charge in [0.05, 0.1) is 32.0 Å². The van der Waals surface area contributed by atoms with Crippen LogP contribution in [0.5, 0.6) is 23.0 Å². The number of halogens is 1. The second kappa shape index (κ2) is 41.7. The second-order valence-electron chi connectivity index (χ2n) is 17.6. The van der Waals surface area contributed by atoms with Gasteiger partial charge in [-0.05, 0) is 68.5 Å². The summed E-state index contributed by atoms with van der Waals surface area (Å²) >= 11 is 3.52. The summed E-state index contributed by atoms with van der Waals surface area (Å²) < 4.78 is 25.9. The van der Waals surface area contributed by atoms with E-state index in [1.54, 1.807) is 0 Å². The van der Waals surface area contributed by atoms with Crippen LogP contribution in [0.25, 0.3) is 0 Å². The van der Waals surface area contributed by atoms with E-state index in [0.717, 1.165) is 71.7 Å². The Morgan fingerprint density at radius 3 is 1.13 bits per heavy atom. The monoisotopic (exact) mass is 909 g/mol. The third kappa shape index (κ3) is 30.4. The van der Waals surface area contributed by atoms with Crippen LogP contribution in [0.4, 0.5) is 0 Å². The summed E-state index contributed by atoms with van der Waals surface area (Å²) in [5.74, 6) is 10.1. The predicted octanol–water partition coefficient (Wildman–Crippen LogP) is 18.3. The molecule has 61 heavy (non-hydrogen) atoms. The van der Waals surface area contributed by atoms with E-state index >= 15 is 0 Å². The Bertz CT molecular complexity index is 1310. The quantitative estimate of drug-likeness (QED) is 0.0377. The smallest absolute Gasteiger partial charge is 0.204 e. The standard InChI is InChI=1S/C56H93BrO4/c1-4-7-10-13-16-19-22-25-29-35-48-59-54-45-42-52(41-38-51-39-43-53(44-40-51)58-47-34-32-28-33-46-57)55(60-49-36-30-26-23-20-17-14-11-8-5-2)56(54)61-50-37-31-27-24-21-18-15-12-9-6-3/h39-40,42-45H,4-37,46-50H2,1-3H3. The van der Waals surface area contributed by atoms with Gasteiger partial charge < -0.3 is 18.9 Å². The Balaban J connectivity index is 2.12. The third-order valence-corrected chi connectivity index (χ3v) is 12.4. The molecular weight excluding hydrogens is 817 g/mol. The number of hydrogen-bond acceptors (Lipinski definition) is 4. The van der Waals surface area contributed by atoms with Gasteiger partial charge in [0.15, 0.2) is 11.5 Å². The third-order valence-electron chi connectivity index (χ3n) is 11.8. The highest BCUT2D eigenvalue weighted by molar-refractivity contribution is 9.09. The lowest BCUT2D eigenvalue weighted by Crippen LogP contribution is -2.07. The van der Waals surface area contributed by atoms with E-state index in [2.05, 4.69) is 72.8 Å². The Kier molecular flexibility index (Phi) is 37.4. The molecule has 2 aromatic carbocycles. The SMILES string of the molecule is CCCCCCCCCCCCOc1ccc(C#Cc2ccc(OCCCCCCBr)cc2)c(OCCCCCCCCCCCC)c1OCCCCCCCCCCCC. The summed E-state index contributed by atoms with van der Waals surface area (Å²) in [7, 11) is 0. The maximum atomic E-state index is 6.69. The first-order valence-corrected chi connectivity index (χ1v) is 27.2. The maximum Gasteiger partial charge on any atom is 0.204 e. The summed E-state index contributed by atoms with van der Waals surface area (Å²) in [5.41, 5.74) is 1.82. The van der Waals surface area contributed by atoms with Crippen LogP contribution in [-0.4, -0.2) is 31.8 Å². The minimum Gasteiger partial charge on any atom is -0.494 e. The van der Waals surface area contributed by atoms with Crippen LogP contribution in [0.1, 0.15) is 250 Å². The van der Waals surface area contributed by atoms with Crippen molar-refractivity contribution in [1.29, 1.82) is 0 Å². The molecule has 0 aliphatic carbocycles. The fourth-order valence-corrected chi connectivity index (χ4v) is 8.25. The van der Waals surface area contributed by atoms with Crippen molar-refractivity contribution in [2.24, 2.45) is 0 Å². The highest BCUT2D eigenvalue weighted by atomic mass is 79.9. The highest BCUT2D eigenvalue weighted by Crippen LogP contribution is 2.41. The van der Waals surface area contributed by atoms with Gasteiger partial charge in [0.2, 0.25) is 5.75 Å². The van der Waals surface area contributed by atoms with E-state index in [0.29, 0.717) is 19.8 Å². The molecule has 0 radical (unpaired) electrons. The summed E-state index contributed by atoms with van der Waals surface area (Å²) in [6, 6.07) is 12.3. The molecule has 348 valence electrons. The van der Waals surface area contributed by atoms with Gasteiger partial charge in [-0.1, -0.05) is 235 Å². The Morgan fingerprint density at radius 2 is 0.705 bits per heavy atom. The van der Waals surface area contributed by atoms with Gasteiger partial charge in [-0.2, -0.15) is 0 Å². The molecule has 0 unspecified atom stereocenters. The molecule has 0 bridgehead atoms. The lowest BCUT2D eigenvalue weighted by atomic mass is 10.1. The molecule has 0 aliphatic rings. The summed E-state index contributed by atoms with van der Waals surface area (Å²) in [6.45, 7) is 9.64. The topological polar surface area (TPSA) is 36.9 Å². The number of ether oxygens (including phenoxy) is 4. The normalized spacial score (nSPS) is 11.1. The van der Waals surface area contributed by atoms with Crippen molar-refractivity contribution in [2.45, 2.75) is 239 Å². The molecule has 0 amide bonds. The number of alkyl halides is 1. The van der Waals surface area contributed by atoms with Gasteiger partial charge in [0, 0.05) is 10.9 Å². The average Bonchev–Trinajstić information content (AvgIpc) is 3.28. The Morgan fingerprint density at radius 1 is 0.344 bits per heavy atom. The van der Waals surface area contributed by atoms with Crippen LogP contribution in [0.3, 0.4) is 0 Å². The maximum absolute atomic E-state index is 6.69. The zero-order chi connectivity index (χ0) is 43.5. The largest absolute Gasteiger partial charge is 0.494 e. The predicted molar refractivity (Wildman–Crippen MR) is 269 cm³/mol. The van der Waals surface area contributed by atoms with Crippen LogP contribution in [0.2, 0.25) is 0 Å². The molecule has 5 heteroatoms. The van der Waals surface area contributed by atoms with Crippen molar-refractivity contribution in [3.05, 3.63) is 47.5 Å². The summed E-state index contributed by atoms with van der Waals surface area (Å²) in [6.07, 6.45) is 43.9. The Labute approximate surface area is 386 Å². The Hall–Kier alpha value is -2.32. The molecule has 0 N–H and O–H groups in total. The first-order chi connectivity index (χ1) is 30.2. The van der Waals surface area contributed by atoms with Crippen molar-refractivity contribution in [3.63, 3.8) is 0 Å². The molecular formula is C56H93BrO4. The number of unbranched alkanes of at least 4 members (excludes halogenated alkanes) is 30. The molecule has 2 rings (SSSR count). The van der Waals surface area contributed by atoms with Gasteiger partial charge in [-0.3, -0.25) is 0 Å². The van der Waals surface area contributed by atoms with Crippen LogP contribution in [-0.2, 0) is 0 Å². The fourth-order valence-electron chi connectivity index (χ4n) is 7.85. The van der Waals surface area contributed by atoms with Gasteiger partial charge in [0.1, 0.15) is 5.75 Å². The van der Waals surface area contributed by atoms with Gasteiger partial charge in [-0.15, -0.1) is 0 Å². The molecule has 2 aromatic rings. The van der Waals surface area contributed by atoms with Crippen molar-refractivity contribution >= 4 is 15.9 Å². The van der Waals surface area contributed by atoms with Gasteiger partial charge >= 0.3 is 0 Å². The molecule has 0 fully saturated rings. The van der Waals surface area contributed by atoms with Crippen molar-refractivity contribution in [3.8, 4) is 34.8 Å². The van der Waals surface area contributed by atoms with E-state index in [1.165, 1.54) is 193 Å². The van der Waals surface area contributed by atoms with E-state index in [9.17, 15) is 0 Å². The molecule has 0 saturated heterocycles. The minimum absolute atomic E-state index is 0.657. The highest BCUT2D eigenvalue weighted by Gasteiger charge is 2.18. The van der Waals surface area contributed by atoms with Gasteiger partial charge in [-0.25, -0.2) is 0 Å². The molecule has 0 aliphatic heterocycles.